The maximum Gasteiger partial charge on any atom is 0.273 e. The molecule has 2 N–H and O–H groups in total. The normalized spacial score (nSPS) is 16.3. The molecule has 108 valence electrons. The molecule has 4 rings (SSSR count). The fourth-order valence-corrected chi connectivity index (χ4v) is 3.34. The standard InChI is InChI=1S/C16H12N4OS/c1-9-6-10(17-8-9)7-11-14(19-20-15(11)21)16-18-12-4-2-3-5-13(12)22-16/h2-8,17H,1H3,(H,20,21). The van der Waals surface area contributed by atoms with Gasteiger partial charge in [-0.3, -0.25) is 4.79 Å². The lowest BCUT2D eigenvalue weighted by Crippen LogP contribution is -2.13. The van der Waals surface area contributed by atoms with Crippen molar-refractivity contribution in [1.82, 2.24) is 15.4 Å². The Kier molecular flexibility index (Phi) is 2.90. The number of carbonyl (C=O) groups excluding carboxylic acids is 1. The van der Waals surface area contributed by atoms with E-state index in [1.165, 1.54) is 11.3 Å². The summed E-state index contributed by atoms with van der Waals surface area (Å²) in [7, 11) is 0. The Balaban J connectivity index is 1.79. The van der Waals surface area contributed by atoms with E-state index in [2.05, 4.69) is 20.5 Å². The van der Waals surface area contributed by atoms with Crippen molar-refractivity contribution in [3.05, 3.63) is 58.4 Å². The molecule has 1 aliphatic rings. The lowest BCUT2D eigenvalue weighted by atomic mass is 10.1. The van der Waals surface area contributed by atoms with Gasteiger partial charge in [0.25, 0.3) is 5.91 Å². The van der Waals surface area contributed by atoms with Crippen LogP contribution in [-0.2, 0) is 4.79 Å². The van der Waals surface area contributed by atoms with Crippen molar-refractivity contribution >= 4 is 39.2 Å². The van der Waals surface area contributed by atoms with Crippen molar-refractivity contribution in [3.63, 3.8) is 0 Å². The number of hydrogen-bond acceptors (Lipinski definition) is 4. The first-order valence-corrected chi connectivity index (χ1v) is 7.63. The topological polar surface area (TPSA) is 70.1 Å². The van der Waals surface area contributed by atoms with E-state index in [-0.39, 0.29) is 5.91 Å². The molecular weight excluding hydrogens is 296 g/mol. The van der Waals surface area contributed by atoms with Crippen molar-refractivity contribution < 1.29 is 4.79 Å². The molecule has 3 heterocycles. The SMILES string of the molecule is Cc1c[nH]c(C=C2C(=O)NN=C2c2nc3ccccc3s2)c1. The molecule has 22 heavy (non-hydrogen) atoms. The third kappa shape index (κ3) is 2.14. The Bertz CT molecular complexity index is 915. The molecule has 0 aliphatic carbocycles. The van der Waals surface area contributed by atoms with Gasteiger partial charge in [-0.25, -0.2) is 10.4 Å². The number of H-pyrrole nitrogens is 1. The van der Waals surface area contributed by atoms with E-state index in [0.29, 0.717) is 11.3 Å². The molecule has 1 amide bonds. The molecule has 6 heteroatoms. The van der Waals surface area contributed by atoms with E-state index in [0.717, 1.165) is 26.5 Å². The molecule has 0 unspecified atom stereocenters. The van der Waals surface area contributed by atoms with Crippen LogP contribution in [0, 0.1) is 6.92 Å². The molecule has 0 fully saturated rings. The highest BCUT2D eigenvalue weighted by Crippen LogP contribution is 2.26. The molecular formula is C16H12N4OS. The zero-order valence-electron chi connectivity index (χ0n) is 11.8. The average molecular weight is 308 g/mol. The van der Waals surface area contributed by atoms with Crippen LogP contribution in [0.25, 0.3) is 16.3 Å². The molecule has 1 aliphatic heterocycles. The van der Waals surface area contributed by atoms with Crippen LogP contribution in [-0.4, -0.2) is 21.6 Å². The summed E-state index contributed by atoms with van der Waals surface area (Å²) < 4.78 is 1.08. The van der Waals surface area contributed by atoms with E-state index >= 15 is 0 Å². The summed E-state index contributed by atoms with van der Waals surface area (Å²) in [6.07, 6.45) is 3.70. The largest absolute Gasteiger partial charge is 0.361 e. The number of thiazole rings is 1. The third-order valence-electron chi connectivity index (χ3n) is 3.41. The highest BCUT2D eigenvalue weighted by molar-refractivity contribution is 7.20. The molecule has 5 nitrogen and oxygen atoms in total. The minimum atomic E-state index is -0.207. The van der Waals surface area contributed by atoms with Crippen LogP contribution in [0.3, 0.4) is 0 Å². The first-order chi connectivity index (χ1) is 10.7. The van der Waals surface area contributed by atoms with E-state index in [1.807, 2.05) is 43.5 Å². The van der Waals surface area contributed by atoms with E-state index < -0.39 is 0 Å². The smallest absolute Gasteiger partial charge is 0.273 e. The number of rotatable bonds is 2. The van der Waals surface area contributed by atoms with Gasteiger partial charge < -0.3 is 4.98 Å². The Hall–Kier alpha value is -2.73. The van der Waals surface area contributed by atoms with Crippen molar-refractivity contribution in [1.29, 1.82) is 0 Å². The number of carbonyl (C=O) groups is 1. The number of aromatic amines is 1. The summed E-state index contributed by atoms with van der Waals surface area (Å²) >= 11 is 1.53. The Morgan fingerprint density at radius 3 is 2.91 bits per heavy atom. The quantitative estimate of drug-likeness (QED) is 0.715. The number of hydrazone groups is 1. The Morgan fingerprint density at radius 1 is 1.27 bits per heavy atom. The second-order valence-corrected chi connectivity index (χ2v) is 6.11. The zero-order chi connectivity index (χ0) is 15.1. The summed E-state index contributed by atoms with van der Waals surface area (Å²) in [6.45, 7) is 2.00. The molecule has 0 saturated carbocycles. The molecule has 0 atom stereocenters. The first-order valence-electron chi connectivity index (χ1n) is 6.82. The Morgan fingerprint density at radius 2 is 2.14 bits per heavy atom. The van der Waals surface area contributed by atoms with Gasteiger partial charge in [-0.2, -0.15) is 5.10 Å². The number of para-hydroxylation sites is 1. The van der Waals surface area contributed by atoms with Crippen LogP contribution in [0.4, 0.5) is 0 Å². The minimum absolute atomic E-state index is 0.207. The number of aromatic nitrogens is 2. The molecule has 3 aromatic rings. The number of fused-ring (bicyclic) bond motifs is 1. The Labute approximate surface area is 130 Å². The number of nitrogens with one attached hydrogen (secondary N) is 2. The van der Waals surface area contributed by atoms with Crippen molar-refractivity contribution in [2.24, 2.45) is 5.10 Å². The van der Waals surface area contributed by atoms with Crippen LogP contribution in [0.1, 0.15) is 16.3 Å². The second-order valence-electron chi connectivity index (χ2n) is 5.08. The second kappa shape index (κ2) is 4.92. The zero-order valence-corrected chi connectivity index (χ0v) is 12.6. The van der Waals surface area contributed by atoms with Crippen LogP contribution in [0.15, 0.2) is 47.2 Å². The first kappa shape index (κ1) is 13.0. The number of hydrogen-bond donors (Lipinski definition) is 2. The summed E-state index contributed by atoms with van der Waals surface area (Å²) in [4.78, 5) is 19.7. The lowest BCUT2D eigenvalue weighted by Gasteiger charge is -1.96. The molecule has 2 aromatic heterocycles. The number of amides is 1. The van der Waals surface area contributed by atoms with Gasteiger partial charge in [-0.1, -0.05) is 12.1 Å². The van der Waals surface area contributed by atoms with Gasteiger partial charge in [0.2, 0.25) is 0 Å². The minimum Gasteiger partial charge on any atom is -0.361 e. The van der Waals surface area contributed by atoms with Crippen molar-refractivity contribution in [2.45, 2.75) is 6.92 Å². The monoisotopic (exact) mass is 308 g/mol. The fourth-order valence-electron chi connectivity index (χ4n) is 2.37. The highest BCUT2D eigenvalue weighted by atomic mass is 32.1. The van der Waals surface area contributed by atoms with Crippen LogP contribution in [0.5, 0.6) is 0 Å². The van der Waals surface area contributed by atoms with Crippen LogP contribution >= 0.6 is 11.3 Å². The number of nitrogens with zero attached hydrogens (tertiary/aromatic N) is 2. The van der Waals surface area contributed by atoms with E-state index in [4.69, 9.17) is 0 Å². The van der Waals surface area contributed by atoms with Gasteiger partial charge in [0.1, 0.15) is 10.7 Å². The van der Waals surface area contributed by atoms with Gasteiger partial charge in [-0.05, 0) is 36.8 Å². The van der Waals surface area contributed by atoms with Gasteiger partial charge in [0.15, 0.2) is 0 Å². The van der Waals surface area contributed by atoms with Crippen LogP contribution in [0.2, 0.25) is 0 Å². The molecule has 0 saturated heterocycles. The molecule has 0 radical (unpaired) electrons. The predicted octanol–water partition coefficient (Wildman–Crippen LogP) is 2.85. The summed E-state index contributed by atoms with van der Waals surface area (Å²) in [5.41, 5.74) is 6.55. The molecule has 1 aromatic carbocycles. The predicted molar refractivity (Wildman–Crippen MR) is 87.8 cm³/mol. The summed E-state index contributed by atoms with van der Waals surface area (Å²) in [5, 5.41) is 4.89. The molecule has 0 bridgehead atoms. The third-order valence-corrected chi connectivity index (χ3v) is 4.46. The van der Waals surface area contributed by atoms with Crippen molar-refractivity contribution in [3.8, 4) is 0 Å². The average Bonchev–Trinajstić information content (AvgIpc) is 3.19. The van der Waals surface area contributed by atoms with Gasteiger partial charge >= 0.3 is 0 Å². The number of benzene rings is 1. The van der Waals surface area contributed by atoms with E-state index in [1.54, 1.807) is 6.08 Å². The maximum absolute atomic E-state index is 12.1. The van der Waals surface area contributed by atoms with E-state index in [9.17, 15) is 4.79 Å². The molecule has 0 spiro atoms. The highest BCUT2D eigenvalue weighted by Gasteiger charge is 2.26. The van der Waals surface area contributed by atoms with Gasteiger partial charge in [-0.15, -0.1) is 11.3 Å². The van der Waals surface area contributed by atoms with Crippen molar-refractivity contribution in [2.75, 3.05) is 0 Å². The summed E-state index contributed by atoms with van der Waals surface area (Å²) in [6, 6.07) is 9.87. The fraction of sp³-hybridized carbons (Fsp3) is 0.0625. The van der Waals surface area contributed by atoms with Crippen LogP contribution < -0.4 is 5.43 Å². The lowest BCUT2D eigenvalue weighted by molar-refractivity contribution is -0.116. The number of aryl methyl sites for hydroxylation is 1. The van der Waals surface area contributed by atoms with Gasteiger partial charge in [0, 0.05) is 11.9 Å². The maximum atomic E-state index is 12.1. The van der Waals surface area contributed by atoms with Gasteiger partial charge in [0.05, 0.1) is 15.8 Å². The summed E-state index contributed by atoms with van der Waals surface area (Å²) in [5.74, 6) is -0.207.